The Kier molecular flexibility index (Phi) is 4.02. The van der Waals surface area contributed by atoms with Crippen LogP contribution in [0, 0.1) is 0 Å². The third-order valence-corrected chi connectivity index (χ3v) is 3.03. The topological polar surface area (TPSA) is 38.3 Å². The van der Waals surface area contributed by atoms with Crippen molar-refractivity contribution < 1.29 is 9.53 Å². The lowest BCUT2D eigenvalue weighted by molar-refractivity contribution is -0.123. The van der Waals surface area contributed by atoms with Crippen molar-refractivity contribution in [3.63, 3.8) is 0 Å². The lowest BCUT2D eigenvalue weighted by atomic mass is 10.1. The molecule has 1 amide bonds. The first-order chi connectivity index (χ1) is 8.31. The normalized spacial score (nSPS) is 18.2. The molecule has 92 valence electrons. The van der Waals surface area contributed by atoms with Gasteiger partial charge in [0.1, 0.15) is 5.75 Å². The van der Waals surface area contributed by atoms with Gasteiger partial charge in [-0.1, -0.05) is 38.3 Å². The predicted octanol–water partition coefficient (Wildman–Crippen LogP) is 3.36. The molecule has 1 unspecified atom stereocenters. The molecule has 2 rings (SSSR count). The highest BCUT2D eigenvalue weighted by atomic mass is 16.5. The summed E-state index contributed by atoms with van der Waals surface area (Å²) in [5.74, 6) is 0.771. The highest BCUT2D eigenvalue weighted by molar-refractivity contribution is 5.97. The largest absolute Gasteiger partial charge is 0.478 e. The molecule has 0 fully saturated rings. The minimum absolute atomic E-state index is 0.0137. The third-order valence-electron chi connectivity index (χ3n) is 3.03. The summed E-state index contributed by atoms with van der Waals surface area (Å²) in [6.07, 6.45) is 5.15. The highest BCUT2D eigenvalue weighted by Gasteiger charge is 2.26. The fourth-order valence-corrected chi connectivity index (χ4v) is 2.04. The van der Waals surface area contributed by atoms with Crippen LogP contribution in [0.15, 0.2) is 24.3 Å². The van der Waals surface area contributed by atoms with Crippen LogP contribution in [0.1, 0.15) is 39.0 Å². The standard InChI is InChI=1S/C14H19NO2/c1-2-3-4-5-10-13-14(16)15-11-8-6-7-9-12(11)17-13/h6-9,13H,2-5,10H2,1H3,(H,15,16). The van der Waals surface area contributed by atoms with Crippen LogP contribution in [-0.4, -0.2) is 12.0 Å². The molecule has 17 heavy (non-hydrogen) atoms. The summed E-state index contributed by atoms with van der Waals surface area (Å²) in [4.78, 5) is 11.8. The average molecular weight is 233 g/mol. The fourth-order valence-electron chi connectivity index (χ4n) is 2.04. The SMILES string of the molecule is CCCCCCC1Oc2ccccc2NC1=O. The van der Waals surface area contributed by atoms with Crippen molar-refractivity contribution in [3.8, 4) is 5.75 Å². The summed E-state index contributed by atoms with van der Waals surface area (Å²) in [6.45, 7) is 2.18. The van der Waals surface area contributed by atoms with Crippen molar-refractivity contribution in [1.82, 2.24) is 0 Å². The molecule has 1 aromatic carbocycles. The molecule has 1 atom stereocenters. The van der Waals surface area contributed by atoms with Gasteiger partial charge in [-0.25, -0.2) is 0 Å². The Morgan fingerprint density at radius 3 is 2.88 bits per heavy atom. The summed E-state index contributed by atoms with van der Waals surface area (Å²) < 4.78 is 5.71. The van der Waals surface area contributed by atoms with Gasteiger partial charge >= 0.3 is 0 Å². The van der Waals surface area contributed by atoms with Crippen molar-refractivity contribution in [1.29, 1.82) is 0 Å². The number of benzene rings is 1. The number of ether oxygens (including phenoxy) is 1. The second-order valence-corrected chi connectivity index (χ2v) is 4.44. The van der Waals surface area contributed by atoms with E-state index in [9.17, 15) is 4.79 Å². The summed E-state index contributed by atoms with van der Waals surface area (Å²) in [5.41, 5.74) is 0.780. The molecule has 3 nitrogen and oxygen atoms in total. The number of nitrogens with one attached hydrogen (secondary N) is 1. The predicted molar refractivity (Wildman–Crippen MR) is 68.2 cm³/mol. The number of hydrogen-bond donors (Lipinski definition) is 1. The quantitative estimate of drug-likeness (QED) is 0.792. The Labute approximate surface area is 102 Å². The molecule has 1 N–H and O–H groups in total. The van der Waals surface area contributed by atoms with Crippen molar-refractivity contribution in [2.45, 2.75) is 45.1 Å². The molecule has 1 heterocycles. The van der Waals surface area contributed by atoms with Gasteiger partial charge in [0.05, 0.1) is 5.69 Å². The maximum absolute atomic E-state index is 11.8. The van der Waals surface area contributed by atoms with E-state index < -0.39 is 0 Å². The summed E-state index contributed by atoms with van der Waals surface area (Å²) in [6, 6.07) is 7.57. The number of amides is 1. The first-order valence-corrected chi connectivity index (χ1v) is 6.38. The Balaban J connectivity index is 1.91. The number of rotatable bonds is 5. The van der Waals surface area contributed by atoms with Crippen LogP contribution >= 0.6 is 0 Å². The highest BCUT2D eigenvalue weighted by Crippen LogP contribution is 2.30. The molecule has 1 aromatic rings. The first-order valence-electron chi connectivity index (χ1n) is 6.38. The fraction of sp³-hybridized carbons (Fsp3) is 0.500. The van der Waals surface area contributed by atoms with Gasteiger partial charge in [0.25, 0.3) is 5.91 Å². The van der Waals surface area contributed by atoms with Crippen LogP contribution in [0.4, 0.5) is 5.69 Å². The van der Waals surface area contributed by atoms with Crippen LogP contribution in [0.5, 0.6) is 5.75 Å². The van der Waals surface area contributed by atoms with E-state index in [0.717, 1.165) is 24.3 Å². The summed E-state index contributed by atoms with van der Waals surface area (Å²) in [7, 11) is 0. The number of carbonyl (C=O) groups excluding carboxylic acids is 1. The van der Waals surface area contributed by atoms with E-state index in [1.165, 1.54) is 19.3 Å². The Hall–Kier alpha value is -1.51. The number of para-hydroxylation sites is 2. The van der Waals surface area contributed by atoms with Gasteiger partial charge in [0, 0.05) is 0 Å². The van der Waals surface area contributed by atoms with E-state index in [1.54, 1.807) is 0 Å². The number of carbonyl (C=O) groups is 1. The van der Waals surface area contributed by atoms with E-state index in [-0.39, 0.29) is 12.0 Å². The van der Waals surface area contributed by atoms with Crippen LogP contribution in [0.3, 0.4) is 0 Å². The summed E-state index contributed by atoms with van der Waals surface area (Å²) in [5, 5.41) is 2.89. The zero-order valence-corrected chi connectivity index (χ0v) is 10.2. The molecule has 1 aliphatic heterocycles. The van der Waals surface area contributed by atoms with Crippen LogP contribution < -0.4 is 10.1 Å². The number of hydrogen-bond acceptors (Lipinski definition) is 2. The second kappa shape index (κ2) is 5.71. The van der Waals surface area contributed by atoms with Gasteiger partial charge in [0.15, 0.2) is 6.10 Å². The minimum atomic E-state index is -0.318. The maximum Gasteiger partial charge on any atom is 0.265 e. The maximum atomic E-state index is 11.8. The molecule has 0 saturated carbocycles. The third kappa shape index (κ3) is 2.99. The zero-order valence-electron chi connectivity index (χ0n) is 10.2. The van der Waals surface area contributed by atoms with Gasteiger partial charge in [0.2, 0.25) is 0 Å². The second-order valence-electron chi connectivity index (χ2n) is 4.44. The zero-order chi connectivity index (χ0) is 12.1. The van der Waals surface area contributed by atoms with E-state index in [2.05, 4.69) is 12.2 Å². The monoisotopic (exact) mass is 233 g/mol. The van der Waals surface area contributed by atoms with Gasteiger partial charge in [-0.05, 0) is 25.0 Å². The average Bonchev–Trinajstić information content (AvgIpc) is 2.35. The van der Waals surface area contributed by atoms with Crippen molar-refractivity contribution in [2.75, 3.05) is 5.32 Å². The molecular weight excluding hydrogens is 214 g/mol. The van der Waals surface area contributed by atoms with E-state index >= 15 is 0 Å². The van der Waals surface area contributed by atoms with Crippen LogP contribution in [-0.2, 0) is 4.79 Å². The lowest BCUT2D eigenvalue weighted by Gasteiger charge is -2.25. The van der Waals surface area contributed by atoms with Crippen molar-refractivity contribution >= 4 is 11.6 Å². The molecule has 0 aromatic heterocycles. The van der Waals surface area contributed by atoms with Gasteiger partial charge in [-0.3, -0.25) is 4.79 Å². The van der Waals surface area contributed by atoms with E-state index in [1.807, 2.05) is 24.3 Å². The Morgan fingerprint density at radius 1 is 1.24 bits per heavy atom. The van der Waals surface area contributed by atoms with Gasteiger partial charge in [-0.15, -0.1) is 0 Å². The Morgan fingerprint density at radius 2 is 2.06 bits per heavy atom. The molecular formula is C14H19NO2. The molecule has 0 radical (unpaired) electrons. The minimum Gasteiger partial charge on any atom is -0.478 e. The first kappa shape index (κ1) is 12.0. The van der Waals surface area contributed by atoms with Crippen LogP contribution in [0.25, 0.3) is 0 Å². The number of anilines is 1. The van der Waals surface area contributed by atoms with Gasteiger partial charge in [-0.2, -0.15) is 0 Å². The molecule has 0 spiro atoms. The number of unbranched alkanes of at least 4 members (excludes halogenated alkanes) is 3. The van der Waals surface area contributed by atoms with Crippen LogP contribution in [0.2, 0.25) is 0 Å². The molecule has 0 aliphatic carbocycles. The lowest BCUT2D eigenvalue weighted by Crippen LogP contribution is -2.36. The van der Waals surface area contributed by atoms with Crippen molar-refractivity contribution in [3.05, 3.63) is 24.3 Å². The summed E-state index contributed by atoms with van der Waals surface area (Å²) >= 11 is 0. The smallest absolute Gasteiger partial charge is 0.265 e. The number of fused-ring (bicyclic) bond motifs is 1. The molecule has 3 heteroatoms. The van der Waals surface area contributed by atoms with E-state index in [4.69, 9.17) is 4.74 Å². The van der Waals surface area contributed by atoms with Crippen molar-refractivity contribution in [2.24, 2.45) is 0 Å². The van der Waals surface area contributed by atoms with E-state index in [0.29, 0.717) is 0 Å². The molecule has 0 bridgehead atoms. The Bertz CT molecular complexity index is 390. The molecule has 1 aliphatic rings. The molecule has 0 saturated heterocycles. The van der Waals surface area contributed by atoms with Gasteiger partial charge < -0.3 is 10.1 Å².